The second-order valence-electron chi connectivity index (χ2n) is 7.06. The highest BCUT2D eigenvalue weighted by atomic mass is 32.2. The Kier molecular flexibility index (Phi) is 8.65. The number of halogens is 1. The lowest BCUT2D eigenvalue weighted by Gasteiger charge is -2.14. The van der Waals surface area contributed by atoms with E-state index < -0.39 is 15.7 Å². The zero-order chi connectivity index (χ0) is 22.1. The fourth-order valence-corrected chi connectivity index (χ4v) is 3.85. The number of hydrogen-bond donors (Lipinski definition) is 2. The quantitative estimate of drug-likeness (QED) is 0.467. The van der Waals surface area contributed by atoms with Gasteiger partial charge >= 0.3 is 0 Å². The van der Waals surface area contributed by atoms with E-state index in [1.54, 1.807) is 0 Å². The van der Waals surface area contributed by atoms with Crippen LogP contribution in [0.4, 0.5) is 4.39 Å². The summed E-state index contributed by atoms with van der Waals surface area (Å²) in [5, 5.41) is 6.31. The third kappa shape index (κ3) is 7.67. The molecule has 0 unspecified atom stereocenters. The molecule has 8 heteroatoms. The van der Waals surface area contributed by atoms with E-state index in [1.807, 2.05) is 39.0 Å². The van der Waals surface area contributed by atoms with Crippen LogP contribution in [-0.4, -0.2) is 33.8 Å². The molecule has 30 heavy (non-hydrogen) atoms. The summed E-state index contributed by atoms with van der Waals surface area (Å²) in [6.45, 7) is 7.90. The maximum Gasteiger partial charge on any atom is 0.191 e. The summed E-state index contributed by atoms with van der Waals surface area (Å²) in [6, 6.07) is 10.1. The molecule has 0 heterocycles. The van der Waals surface area contributed by atoms with Crippen LogP contribution in [0.5, 0.6) is 5.75 Å². The molecule has 0 atom stereocenters. The Bertz CT molecular complexity index is 991. The molecule has 164 valence electrons. The normalized spacial score (nSPS) is 12.0. The van der Waals surface area contributed by atoms with Crippen molar-refractivity contribution < 1.29 is 17.5 Å². The largest absolute Gasteiger partial charge is 0.494 e. The molecule has 0 aliphatic rings. The highest BCUT2D eigenvalue weighted by Gasteiger charge is 2.11. The second kappa shape index (κ2) is 11.0. The topological polar surface area (TPSA) is 79.8 Å². The van der Waals surface area contributed by atoms with Crippen LogP contribution in [0.2, 0.25) is 0 Å². The molecule has 0 saturated heterocycles. The van der Waals surface area contributed by atoms with Crippen molar-refractivity contribution in [1.29, 1.82) is 0 Å². The van der Waals surface area contributed by atoms with Gasteiger partial charge in [-0.15, -0.1) is 0 Å². The van der Waals surface area contributed by atoms with Gasteiger partial charge < -0.3 is 15.4 Å². The van der Waals surface area contributed by atoms with Crippen LogP contribution in [0.3, 0.4) is 0 Å². The average molecular weight is 436 g/mol. The van der Waals surface area contributed by atoms with Gasteiger partial charge in [0.05, 0.1) is 18.9 Å². The first kappa shape index (κ1) is 23.7. The third-order valence-electron chi connectivity index (χ3n) is 4.34. The fourth-order valence-electron chi connectivity index (χ4n) is 3.00. The number of aryl methyl sites for hydroxylation is 1. The summed E-state index contributed by atoms with van der Waals surface area (Å²) < 4.78 is 42.6. The summed E-state index contributed by atoms with van der Waals surface area (Å²) in [7, 11) is -3.23. The van der Waals surface area contributed by atoms with Gasteiger partial charge in [0.2, 0.25) is 0 Å². The van der Waals surface area contributed by atoms with E-state index >= 15 is 0 Å². The Morgan fingerprint density at radius 1 is 1.10 bits per heavy atom. The predicted octanol–water partition coefficient (Wildman–Crippen LogP) is 3.33. The van der Waals surface area contributed by atoms with E-state index in [9.17, 15) is 12.8 Å². The van der Waals surface area contributed by atoms with Gasteiger partial charge in [-0.1, -0.05) is 18.2 Å². The Hall–Kier alpha value is -2.61. The molecule has 0 bridgehead atoms. The lowest BCUT2D eigenvalue weighted by Crippen LogP contribution is -2.37. The molecular weight excluding hydrogens is 405 g/mol. The first-order valence-corrected chi connectivity index (χ1v) is 12.0. The van der Waals surface area contributed by atoms with Crippen molar-refractivity contribution >= 4 is 15.8 Å². The second-order valence-corrected chi connectivity index (χ2v) is 9.20. The van der Waals surface area contributed by atoms with Gasteiger partial charge in [-0.25, -0.2) is 17.8 Å². The van der Waals surface area contributed by atoms with Gasteiger partial charge in [0, 0.05) is 19.3 Å². The molecule has 2 aromatic carbocycles. The lowest BCUT2D eigenvalue weighted by atomic mass is 10.1. The Morgan fingerprint density at radius 2 is 1.87 bits per heavy atom. The summed E-state index contributed by atoms with van der Waals surface area (Å²) in [4.78, 5) is 4.58. The van der Waals surface area contributed by atoms with Gasteiger partial charge in [-0.2, -0.15) is 0 Å². The fraction of sp³-hybridized carbons (Fsp3) is 0.409. The number of benzene rings is 2. The molecule has 0 aromatic heterocycles. The number of nitrogens with zero attached hydrogens (tertiary/aromatic N) is 1. The molecule has 0 aliphatic carbocycles. The molecule has 0 radical (unpaired) electrons. The number of sulfone groups is 1. The van der Waals surface area contributed by atoms with Crippen LogP contribution in [-0.2, 0) is 28.7 Å². The monoisotopic (exact) mass is 435 g/mol. The zero-order valence-corrected chi connectivity index (χ0v) is 18.8. The van der Waals surface area contributed by atoms with Crippen molar-refractivity contribution in [2.75, 3.05) is 19.4 Å². The minimum absolute atomic E-state index is 0.135. The van der Waals surface area contributed by atoms with Crippen molar-refractivity contribution in [2.45, 2.75) is 39.6 Å². The molecule has 0 fully saturated rings. The van der Waals surface area contributed by atoms with E-state index in [2.05, 4.69) is 15.6 Å². The van der Waals surface area contributed by atoms with Gasteiger partial charge in [0.15, 0.2) is 15.8 Å². The third-order valence-corrected chi connectivity index (χ3v) is 5.17. The minimum atomic E-state index is -3.23. The minimum Gasteiger partial charge on any atom is -0.494 e. The van der Waals surface area contributed by atoms with Gasteiger partial charge in [-0.05, 0) is 61.2 Å². The van der Waals surface area contributed by atoms with Crippen LogP contribution < -0.4 is 15.4 Å². The number of ether oxygens (including phenoxy) is 1. The summed E-state index contributed by atoms with van der Waals surface area (Å²) in [5.41, 5.74) is 3.25. The van der Waals surface area contributed by atoms with Gasteiger partial charge in [0.1, 0.15) is 11.6 Å². The molecule has 2 aromatic rings. The Balaban J connectivity index is 2.13. The smallest absolute Gasteiger partial charge is 0.191 e. The lowest BCUT2D eigenvalue weighted by molar-refractivity contribution is 0.338. The van der Waals surface area contributed by atoms with Crippen molar-refractivity contribution in [3.8, 4) is 5.75 Å². The molecule has 6 nitrogen and oxygen atoms in total. The molecule has 2 rings (SSSR count). The molecule has 0 saturated carbocycles. The van der Waals surface area contributed by atoms with E-state index in [4.69, 9.17) is 4.74 Å². The highest BCUT2D eigenvalue weighted by Crippen LogP contribution is 2.19. The molecular formula is C22H30FN3O3S. The molecule has 0 spiro atoms. The Labute approximate surface area is 178 Å². The van der Waals surface area contributed by atoms with Gasteiger partial charge in [-0.3, -0.25) is 0 Å². The van der Waals surface area contributed by atoms with Gasteiger partial charge in [0.25, 0.3) is 0 Å². The number of aliphatic imine (C=N–C) groups is 1. The van der Waals surface area contributed by atoms with E-state index in [0.717, 1.165) is 23.1 Å². The number of rotatable bonds is 9. The van der Waals surface area contributed by atoms with E-state index in [-0.39, 0.29) is 12.3 Å². The number of nitrogens with one attached hydrogen (secondary N) is 2. The van der Waals surface area contributed by atoms with Crippen molar-refractivity contribution in [1.82, 2.24) is 10.6 Å². The number of guanidine groups is 1. The van der Waals surface area contributed by atoms with Crippen LogP contribution >= 0.6 is 0 Å². The number of hydrogen-bond acceptors (Lipinski definition) is 4. The molecule has 0 amide bonds. The maximum absolute atomic E-state index is 13.7. The summed E-state index contributed by atoms with van der Waals surface area (Å²) in [5.74, 6) is 0.887. The summed E-state index contributed by atoms with van der Waals surface area (Å²) in [6.07, 6.45) is 1.16. The zero-order valence-electron chi connectivity index (χ0n) is 18.0. The average Bonchev–Trinajstić information content (AvgIpc) is 2.67. The Morgan fingerprint density at radius 3 is 2.50 bits per heavy atom. The maximum atomic E-state index is 13.7. The SMILES string of the molecule is CCNC(=NCc1ccc(OCC)c(C)c1)NCc1cc(F)ccc1CS(C)(=O)=O. The van der Waals surface area contributed by atoms with E-state index in [0.29, 0.717) is 36.8 Å². The molecule has 0 aliphatic heterocycles. The summed E-state index contributed by atoms with van der Waals surface area (Å²) >= 11 is 0. The van der Waals surface area contributed by atoms with Crippen molar-refractivity contribution in [3.05, 3.63) is 64.5 Å². The van der Waals surface area contributed by atoms with E-state index in [1.165, 1.54) is 18.2 Å². The van der Waals surface area contributed by atoms with Crippen molar-refractivity contribution in [2.24, 2.45) is 4.99 Å². The van der Waals surface area contributed by atoms with Crippen molar-refractivity contribution in [3.63, 3.8) is 0 Å². The molecule has 2 N–H and O–H groups in total. The van der Waals surface area contributed by atoms with Crippen LogP contribution in [0, 0.1) is 12.7 Å². The van der Waals surface area contributed by atoms with Crippen LogP contribution in [0.1, 0.15) is 36.1 Å². The first-order chi connectivity index (χ1) is 14.2. The van der Waals surface area contributed by atoms with Crippen LogP contribution in [0.25, 0.3) is 0 Å². The standard InChI is InChI=1S/C22H30FN3O3S/c1-5-24-22(25-13-17-7-10-21(29-6-2)16(3)11-17)26-14-19-12-20(23)9-8-18(19)15-30(4,27)28/h7-12H,5-6,13-15H2,1-4H3,(H2,24,25,26). The van der Waals surface area contributed by atoms with Crippen LogP contribution in [0.15, 0.2) is 41.4 Å². The first-order valence-electron chi connectivity index (χ1n) is 9.91. The predicted molar refractivity (Wildman–Crippen MR) is 119 cm³/mol. The highest BCUT2D eigenvalue weighted by molar-refractivity contribution is 7.89.